The average Bonchev–Trinajstić information content (AvgIpc) is 2.74. The molecule has 1 atom stereocenters. The van der Waals surface area contributed by atoms with E-state index in [1.165, 1.54) is 11.7 Å². The molecule has 7 heteroatoms. The van der Waals surface area contributed by atoms with E-state index in [0.717, 1.165) is 10.0 Å². The van der Waals surface area contributed by atoms with Crippen molar-refractivity contribution in [3.05, 3.63) is 42.9 Å². The summed E-state index contributed by atoms with van der Waals surface area (Å²) in [6.07, 6.45) is 0.596. The van der Waals surface area contributed by atoms with E-state index in [1.54, 1.807) is 6.07 Å². The molecule has 1 aliphatic heterocycles. The van der Waals surface area contributed by atoms with Crippen molar-refractivity contribution in [1.82, 2.24) is 9.55 Å². The van der Waals surface area contributed by atoms with Gasteiger partial charge in [-0.25, -0.2) is 0 Å². The Balaban J connectivity index is 2.27. The number of aromatic nitrogens is 2. The molecular weight excluding hydrogens is 328 g/mol. The first kappa shape index (κ1) is 13.1. The van der Waals surface area contributed by atoms with Crippen molar-refractivity contribution < 1.29 is 9.53 Å². The van der Waals surface area contributed by atoms with Crippen LogP contribution in [0.2, 0.25) is 0 Å². The van der Waals surface area contributed by atoms with Crippen LogP contribution in [0.1, 0.15) is 18.0 Å². The molecule has 1 aromatic heterocycles. The van der Waals surface area contributed by atoms with Gasteiger partial charge in [0.15, 0.2) is 0 Å². The van der Waals surface area contributed by atoms with Crippen LogP contribution in [0.25, 0.3) is 11.0 Å². The lowest BCUT2D eigenvalue weighted by atomic mass is 10.1. The van der Waals surface area contributed by atoms with Gasteiger partial charge in [0.25, 0.3) is 0 Å². The smallest absolute Gasteiger partial charge is 0.317 e. The van der Waals surface area contributed by atoms with Gasteiger partial charge in [-0.05, 0) is 24.1 Å². The number of aromatic amines is 1. The molecule has 1 aromatic carbocycles. The normalized spacial score (nSPS) is 16.6. The summed E-state index contributed by atoms with van der Waals surface area (Å²) in [5.74, 6) is -0.401. The first-order valence-corrected chi connectivity index (χ1v) is 6.84. The number of halogens is 1. The number of benzene rings is 1. The molecule has 1 unspecified atom stereocenters. The zero-order valence-corrected chi connectivity index (χ0v) is 12.2. The number of hydrogen-bond donors (Lipinski definition) is 1. The SMILES string of the molecule is COC(=O)CC1Cc2cc(Br)cc3[nH]c(=O)c(=O)n1c23. The third-order valence-corrected chi connectivity index (χ3v) is 3.96. The molecular formula is C13H11BrN2O4. The maximum Gasteiger partial charge on any atom is 0.317 e. The van der Waals surface area contributed by atoms with Crippen LogP contribution in [0, 0.1) is 0 Å². The van der Waals surface area contributed by atoms with Gasteiger partial charge < -0.3 is 9.72 Å². The zero-order chi connectivity index (χ0) is 14.4. The molecule has 0 saturated heterocycles. The quantitative estimate of drug-likeness (QED) is 0.657. The molecule has 0 bridgehead atoms. The molecule has 1 aliphatic rings. The van der Waals surface area contributed by atoms with Crippen molar-refractivity contribution in [2.75, 3.05) is 7.11 Å². The Kier molecular flexibility index (Phi) is 3.01. The second-order valence-electron chi connectivity index (χ2n) is 4.73. The highest BCUT2D eigenvalue weighted by Crippen LogP contribution is 2.33. The number of nitrogens with one attached hydrogen (secondary N) is 1. The number of esters is 1. The minimum Gasteiger partial charge on any atom is -0.469 e. The average molecular weight is 339 g/mol. The van der Waals surface area contributed by atoms with Crippen LogP contribution in [0.3, 0.4) is 0 Å². The second-order valence-corrected chi connectivity index (χ2v) is 5.64. The molecule has 0 fully saturated rings. The molecule has 20 heavy (non-hydrogen) atoms. The van der Waals surface area contributed by atoms with Crippen molar-refractivity contribution in [2.45, 2.75) is 18.9 Å². The number of rotatable bonds is 2. The second kappa shape index (κ2) is 4.59. The minimum atomic E-state index is -0.682. The maximum atomic E-state index is 12.1. The fourth-order valence-electron chi connectivity index (χ4n) is 2.71. The summed E-state index contributed by atoms with van der Waals surface area (Å²) in [5.41, 5.74) is 0.889. The summed E-state index contributed by atoms with van der Waals surface area (Å²) in [4.78, 5) is 37.8. The van der Waals surface area contributed by atoms with Gasteiger partial charge in [-0.3, -0.25) is 19.0 Å². The highest BCUT2D eigenvalue weighted by atomic mass is 79.9. The number of carbonyl (C=O) groups is 1. The number of ether oxygens (including phenoxy) is 1. The summed E-state index contributed by atoms with van der Waals surface area (Å²) in [5, 5.41) is 0. The Morgan fingerprint density at radius 1 is 1.50 bits per heavy atom. The van der Waals surface area contributed by atoms with Gasteiger partial charge in [-0.2, -0.15) is 0 Å². The van der Waals surface area contributed by atoms with Crippen LogP contribution < -0.4 is 11.1 Å². The van der Waals surface area contributed by atoms with Crippen molar-refractivity contribution in [3.8, 4) is 0 Å². The topological polar surface area (TPSA) is 81.2 Å². The molecule has 3 rings (SSSR count). The van der Waals surface area contributed by atoms with Crippen LogP contribution >= 0.6 is 15.9 Å². The lowest BCUT2D eigenvalue weighted by Gasteiger charge is -2.12. The molecule has 2 heterocycles. The minimum absolute atomic E-state index is 0.0707. The van der Waals surface area contributed by atoms with E-state index < -0.39 is 17.1 Å². The highest BCUT2D eigenvalue weighted by Gasteiger charge is 2.29. The largest absolute Gasteiger partial charge is 0.469 e. The molecule has 2 aromatic rings. The van der Waals surface area contributed by atoms with Gasteiger partial charge in [-0.15, -0.1) is 0 Å². The summed E-state index contributed by atoms with van der Waals surface area (Å²) in [7, 11) is 1.30. The van der Waals surface area contributed by atoms with Gasteiger partial charge in [0.05, 0.1) is 30.6 Å². The van der Waals surface area contributed by atoms with Crippen LogP contribution in [-0.2, 0) is 16.0 Å². The lowest BCUT2D eigenvalue weighted by molar-refractivity contribution is -0.141. The Hall–Kier alpha value is -1.89. The van der Waals surface area contributed by atoms with E-state index in [4.69, 9.17) is 0 Å². The van der Waals surface area contributed by atoms with Gasteiger partial charge in [0.2, 0.25) is 0 Å². The van der Waals surface area contributed by atoms with E-state index in [9.17, 15) is 14.4 Å². The van der Waals surface area contributed by atoms with E-state index in [0.29, 0.717) is 17.5 Å². The molecule has 0 amide bonds. The van der Waals surface area contributed by atoms with Gasteiger partial charge in [-0.1, -0.05) is 15.9 Å². The highest BCUT2D eigenvalue weighted by molar-refractivity contribution is 9.10. The van der Waals surface area contributed by atoms with Gasteiger partial charge in [0, 0.05) is 4.47 Å². The van der Waals surface area contributed by atoms with Crippen LogP contribution in [0.5, 0.6) is 0 Å². The van der Waals surface area contributed by atoms with Crippen LogP contribution in [0.4, 0.5) is 0 Å². The number of hydrogen-bond acceptors (Lipinski definition) is 4. The lowest BCUT2D eigenvalue weighted by Crippen LogP contribution is -2.37. The molecule has 104 valence electrons. The summed E-state index contributed by atoms with van der Waals surface area (Å²) < 4.78 is 6.88. The molecule has 0 saturated carbocycles. The Morgan fingerprint density at radius 3 is 2.95 bits per heavy atom. The molecule has 6 nitrogen and oxygen atoms in total. The van der Waals surface area contributed by atoms with E-state index in [1.807, 2.05) is 6.07 Å². The molecule has 1 N–H and O–H groups in total. The first-order chi connectivity index (χ1) is 9.51. The third-order valence-electron chi connectivity index (χ3n) is 3.51. The Labute approximate surface area is 121 Å². The van der Waals surface area contributed by atoms with Gasteiger partial charge >= 0.3 is 17.1 Å². The van der Waals surface area contributed by atoms with Crippen molar-refractivity contribution in [3.63, 3.8) is 0 Å². The standard InChI is InChI=1S/C13H11BrN2O4/c1-20-10(17)5-8-3-6-2-7(14)4-9-11(6)16(8)13(19)12(18)15-9/h2,4,8H,3,5H2,1H3,(H,15,18). The van der Waals surface area contributed by atoms with Crippen molar-refractivity contribution in [1.29, 1.82) is 0 Å². The van der Waals surface area contributed by atoms with Crippen molar-refractivity contribution >= 4 is 32.9 Å². The summed E-state index contributed by atoms with van der Waals surface area (Å²) >= 11 is 3.37. The predicted octanol–water partition coefficient (Wildman–Crippen LogP) is 1.11. The Bertz CT molecular complexity index is 837. The number of carbonyl (C=O) groups excluding carboxylic acids is 1. The maximum absolute atomic E-state index is 12.1. The van der Waals surface area contributed by atoms with Crippen LogP contribution in [0.15, 0.2) is 26.2 Å². The summed E-state index contributed by atoms with van der Waals surface area (Å²) in [6, 6.07) is 3.27. The summed E-state index contributed by atoms with van der Waals surface area (Å²) in [6.45, 7) is 0. The third kappa shape index (κ3) is 1.89. The first-order valence-electron chi connectivity index (χ1n) is 6.05. The molecule has 0 aliphatic carbocycles. The number of nitrogens with zero attached hydrogens (tertiary/aromatic N) is 1. The predicted molar refractivity (Wildman–Crippen MR) is 75.9 cm³/mol. The van der Waals surface area contributed by atoms with E-state index in [2.05, 4.69) is 25.7 Å². The molecule has 0 spiro atoms. The molecule has 0 radical (unpaired) electrons. The zero-order valence-electron chi connectivity index (χ0n) is 10.6. The van der Waals surface area contributed by atoms with E-state index >= 15 is 0 Å². The van der Waals surface area contributed by atoms with E-state index in [-0.39, 0.29) is 12.5 Å². The monoisotopic (exact) mass is 338 g/mol. The van der Waals surface area contributed by atoms with Crippen molar-refractivity contribution in [2.24, 2.45) is 0 Å². The van der Waals surface area contributed by atoms with Crippen LogP contribution in [-0.4, -0.2) is 22.6 Å². The number of methoxy groups -OCH3 is 1. The fourth-order valence-corrected chi connectivity index (χ4v) is 3.22. The fraction of sp³-hybridized carbons (Fsp3) is 0.308. The Morgan fingerprint density at radius 2 is 2.25 bits per heavy atom. The number of H-pyrrole nitrogens is 1. The van der Waals surface area contributed by atoms with Gasteiger partial charge in [0.1, 0.15) is 0 Å².